The smallest absolute Gasteiger partial charge is 0.390 e. The second-order valence-electron chi connectivity index (χ2n) is 7.36. The fraction of sp³-hybridized carbons (Fsp3) is 0.615. The molecule has 1 saturated heterocycles. The van der Waals surface area contributed by atoms with Crippen molar-refractivity contribution in [2.24, 2.45) is 9.89 Å². The maximum Gasteiger partial charge on any atom is 0.498 e. The summed E-state index contributed by atoms with van der Waals surface area (Å²) in [7, 11) is -15.4. The van der Waals surface area contributed by atoms with Crippen molar-refractivity contribution in [1.29, 1.82) is 0 Å². The zero-order valence-electron chi connectivity index (χ0n) is 18.0. The summed E-state index contributed by atoms with van der Waals surface area (Å²) in [6.07, 6.45) is -1.18. The van der Waals surface area contributed by atoms with Crippen LogP contribution in [0.1, 0.15) is 26.0 Å². The maximum atomic E-state index is 12.5. The van der Waals surface area contributed by atoms with Crippen LogP contribution in [0.5, 0.6) is 0 Å². The molecule has 3 unspecified atom stereocenters. The molecule has 0 amide bonds. The Hall–Kier alpha value is -2.20. The average Bonchev–Trinajstić information content (AvgIpc) is 3.32. The fourth-order valence-electron chi connectivity index (χ4n) is 3.28. The molecule has 1 fully saturated rings. The van der Waals surface area contributed by atoms with Gasteiger partial charge in [0.05, 0.1) is 19.0 Å². The number of nitrogens with two attached hydrogens (primary N) is 1. The Morgan fingerprint density at radius 2 is 2.03 bits per heavy atom. The number of fused-ring (bicyclic) bond motifs is 1. The van der Waals surface area contributed by atoms with Crippen LogP contribution in [0.15, 0.2) is 21.0 Å². The standard InChI is InChI=1S/C13H20N7O12P3/c1-3-13(5-29-34(26,19-24)32-35(27,28)31-33(2,25)18-23)7(21)4-8(30-13)20-6-15-9-10(20)16-12(14)17-11(9)22/h6-8,21H,3-5H2,1-2H3,(H,27,28)(H3,14,16,17,22)/t7-,8+,13+,33?,34?/m0/s1. The summed E-state index contributed by atoms with van der Waals surface area (Å²) >= 11 is 0. The molecule has 3 rings (SSSR count). The summed E-state index contributed by atoms with van der Waals surface area (Å²) in [6.45, 7) is 1.27. The number of H-pyrrole nitrogens is 1. The first kappa shape index (κ1) is 27.4. The number of ether oxygens (including phenoxy) is 1. The highest BCUT2D eigenvalue weighted by Gasteiger charge is 2.51. The first-order valence-electron chi connectivity index (χ1n) is 9.54. The van der Waals surface area contributed by atoms with Crippen molar-refractivity contribution in [3.8, 4) is 0 Å². The molecule has 0 saturated carbocycles. The predicted molar refractivity (Wildman–Crippen MR) is 117 cm³/mol. The number of aromatic nitrogens is 4. The predicted octanol–water partition coefficient (Wildman–Crippen LogP) is 1.74. The molecule has 0 bridgehead atoms. The van der Waals surface area contributed by atoms with Gasteiger partial charge in [-0.1, -0.05) is 6.92 Å². The number of nitrogen functional groups attached to an aromatic ring is 1. The Bertz CT molecular complexity index is 1350. The largest absolute Gasteiger partial charge is 0.498 e. The van der Waals surface area contributed by atoms with Gasteiger partial charge < -0.3 is 20.5 Å². The number of imidazole rings is 1. The van der Waals surface area contributed by atoms with E-state index in [1.54, 1.807) is 6.92 Å². The molecule has 5 N–H and O–H groups in total. The summed E-state index contributed by atoms with van der Waals surface area (Å²) in [4.78, 5) is 57.4. The van der Waals surface area contributed by atoms with E-state index in [-0.39, 0.29) is 30.0 Å². The minimum absolute atomic E-state index is 0.00118. The van der Waals surface area contributed by atoms with E-state index >= 15 is 0 Å². The van der Waals surface area contributed by atoms with Gasteiger partial charge in [-0.3, -0.25) is 23.4 Å². The quantitative estimate of drug-likeness (QED) is 0.225. The molecule has 0 spiro atoms. The lowest BCUT2D eigenvalue weighted by Crippen LogP contribution is -2.43. The zero-order chi connectivity index (χ0) is 26.2. The molecular weight excluding hydrogens is 539 g/mol. The van der Waals surface area contributed by atoms with Gasteiger partial charge in [0, 0.05) is 23.0 Å². The van der Waals surface area contributed by atoms with Gasteiger partial charge in [-0.25, -0.2) is 18.4 Å². The summed E-state index contributed by atoms with van der Waals surface area (Å²) in [5.41, 5.74) is 3.30. The topological polar surface area (TPSA) is 277 Å². The second-order valence-corrected chi connectivity index (χ2v) is 12.7. The molecular formula is C13H20N7O12P3. The van der Waals surface area contributed by atoms with Crippen molar-refractivity contribution in [3.05, 3.63) is 26.5 Å². The molecule has 19 nitrogen and oxygen atoms in total. The van der Waals surface area contributed by atoms with Gasteiger partial charge in [0.2, 0.25) is 5.95 Å². The van der Waals surface area contributed by atoms with Crippen molar-refractivity contribution in [3.63, 3.8) is 0 Å². The van der Waals surface area contributed by atoms with E-state index in [0.29, 0.717) is 6.66 Å². The third-order valence-electron chi connectivity index (χ3n) is 4.94. The van der Waals surface area contributed by atoms with Crippen molar-refractivity contribution in [2.45, 2.75) is 37.7 Å². The summed E-state index contributed by atoms with van der Waals surface area (Å²) in [5.74, 6) is -0.194. The van der Waals surface area contributed by atoms with Crippen molar-refractivity contribution in [1.82, 2.24) is 19.5 Å². The molecule has 194 valence electrons. The van der Waals surface area contributed by atoms with Crippen molar-refractivity contribution < 1.29 is 41.6 Å². The summed E-state index contributed by atoms with van der Waals surface area (Å²) < 4.78 is 56.1. The number of nitroso groups, excluding NO2 is 2. The molecule has 2 aromatic rings. The number of rotatable bonds is 11. The molecule has 1 aliphatic heterocycles. The van der Waals surface area contributed by atoms with Gasteiger partial charge in [-0.05, 0) is 6.42 Å². The van der Waals surface area contributed by atoms with Crippen LogP contribution in [-0.2, 0) is 31.6 Å². The van der Waals surface area contributed by atoms with Crippen LogP contribution in [0.2, 0.25) is 0 Å². The highest BCUT2D eigenvalue weighted by molar-refractivity contribution is 7.70. The number of nitrogens with one attached hydrogen (secondary N) is 1. The Labute approximate surface area is 195 Å². The van der Waals surface area contributed by atoms with E-state index in [1.807, 2.05) is 4.95 Å². The summed E-state index contributed by atoms with van der Waals surface area (Å²) in [5, 5.41) is 10.7. The van der Waals surface area contributed by atoms with Gasteiger partial charge in [0.1, 0.15) is 11.8 Å². The number of anilines is 1. The second kappa shape index (κ2) is 9.69. The van der Waals surface area contributed by atoms with Crippen LogP contribution < -0.4 is 11.3 Å². The number of aliphatic hydroxyl groups is 1. The lowest BCUT2D eigenvalue weighted by molar-refractivity contribution is -0.124. The minimum Gasteiger partial charge on any atom is -0.390 e. The van der Waals surface area contributed by atoms with Crippen LogP contribution in [0.4, 0.5) is 5.95 Å². The Kier molecular flexibility index (Phi) is 7.58. The van der Waals surface area contributed by atoms with Gasteiger partial charge >= 0.3 is 23.1 Å². The zero-order valence-corrected chi connectivity index (χ0v) is 20.7. The molecule has 1 aliphatic rings. The van der Waals surface area contributed by atoms with Crippen LogP contribution >= 0.6 is 23.1 Å². The monoisotopic (exact) mass is 559 g/mol. The van der Waals surface area contributed by atoms with Gasteiger partial charge in [0.15, 0.2) is 11.2 Å². The molecule has 0 radical (unpaired) electrons. The first-order chi connectivity index (χ1) is 16.2. The Balaban J connectivity index is 1.81. The van der Waals surface area contributed by atoms with Gasteiger partial charge in [-0.2, -0.15) is 9.29 Å². The van der Waals surface area contributed by atoms with E-state index in [2.05, 4.69) is 28.5 Å². The number of hydrogen-bond acceptors (Lipinski definition) is 14. The summed E-state index contributed by atoms with van der Waals surface area (Å²) in [6, 6.07) is 0. The fourth-order valence-corrected chi connectivity index (χ4v) is 7.10. The molecule has 35 heavy (non-hydrogen) atoms. The van der Waals surface area contributed by atoms with E-state index < -0.39 is 53.2 Å². The Morgan fingerprint density at radius 1 is 1.34 bits per heavy atom. The molecule has 3 heterocycles. The molecule has 2 aromatic heterocycles. The molecule has 0 aliphatic carbocycles. The van der Waals surface area contributed by atoms with E-state index in [1.165, 1.54) is 10.9 Å². The third kappa shape index (κ3) is 5.80. The van der Waals surface area contributed by atoms with E-state index in [0.717, 1.165) is 0 Å². The van der Waals surface area contributed by atoms with Gasteiger partial charge in [0.25, 0.3) is 5.56 Å². The number of phosphoric acid groups is 1. The van der Waals surface area contributed by atoms with Crippen LogP contribution in [-0.4, -0.2) is 54.5 Å². The lowest BCUT2D eigenvalue weighted by atomic mass is 9.95. The SMILES string of the molecule is CC[C@]1(COP(=O)(N=O)OP(=O)(O)OP(C)(=O)N=O)O[C@@H](n2cnc3c(=O)[nH]c(N)nc32)C[C@@H]1O. The normalized spacial score (nSPS) is 27.7. The third-order valence-corrected chi connectivity index (χ3v) is 9.58. The van der Waals surface area contributed by atoms with Crippen LogP contribution in [0, 0.1) is 9.81 Å². The molecule has 22 heteroatoms. The lowest BCUT2D eigenvalue weighted by Gasteiger charge is -2.31. The molecule has 0 aromatic carbocycles. The van der Waals surface area contributed by atoms with Crippen LogP contribution in [0.25, 0.3) is 11.2 Å². The number of nitrogens with zero attached hydrogens (tertiary/aromatic N) is 5. The number of hydrogen-bond donors (Lipinski definition) is 4. The van der Waals surface area contributed by atoms with E-state index in [4.69, 9.17) is 15.0 Å². The first-order valence-corrected chi connectivity index (χ1v) is 14.6. The van der Waals surface area contributed by atoms with Crippen molar-refractivity contribution in [2.75, 3.05) is 19.0 Å². The minimum atomic E-state index is -5.57. The highest BCUT2D eigenvalue weighted by atomic mass is 31.3. The maximum absolute atomic E-state index is 12.5. The Morgan fingerprint density at radius 3 is 2.63 bits per heavy atom. The average molecular weight is 559 g/mol. The highest BCUT2D eigenvalue weighted by Crippen LogP contribution is 2.69. The van der Waals surface area contributed by atoms with Gasteiger partial charge in [-0.15, -0.1) is 9.81 Å². The number of aliphatic hydroxyl groups excluding tert-OH is 1. The van der Waals surface area contributed by atoms with Crippen molar-refractivity contribution >= 4 is 40.2 Å². The van der Waals surface area contributed by atoms with E-state index in [9.17, 15) is 38.3 Å². The number of aromatic amines is 1. The molecule has 6 atom stereocenters. The van der Waals surface area contributed by atoms with Crippen LogP contribution in [0.3, 0.4) is 0 Å².